The van der Waals surface area contributed by atoms with Crippen LogP contribution in [0.1, 0.15) is 0 Å². The molecule has 4 nitrogen and oxygen atoms in total. The molecular formula is C10H15N3OSi. The van der Waals surface area contributed by atoms with Crippen molar-refractivity contribution < 1.29 is 4.74 Å². The van der Waals surface area contributed by atoms with E-state index in [-0.39, 0.29) is 0 Å². The Bertz CT molecular complexity index is 487. The van der Waals surface area contributed by atoms with Crippen LogP contribution in [0.3, 0.4) is 0 Å². The summed E-state index contributed by atoms with van der Waals surface area (Å²) in [5.41, 5.74) is 1.02. The van der Waals surface area contributed by atoms with Crippen molar-refractivity contribution in [2.45, 2.75) is 19.6 Å². The summed E-state index contributed by atoms with van der Waals surface area (Å²) in [5, 5.41) is 5.74. The van der Waals surface area contributed by atoms with Gasteiger partial charge in [-0.15, -0.1) is 0 Å². The molecule has 0 aromatic carbocycles. The molecule has 0 aliphatic rings. The normalized spacial score (nSPS) is 12.0. The summed E-state index contributed by atoms with van der Waals surface area (Å²) < 4.78 is 6.89. The van der Waals surface area contributed by atoms with E-state index in [0.717, 1.165) is 5.52 Å². The van der Waals surface area contributed by atoms with Crippen molar-refractivity contribution in [1.82, 2.24) is 14.6 Å². The van der Waals surface area contributed by atoms with Crippen molar-refractivity contribution in [3.63, 3.8) is 0 Å². The third-order valence-corrected chi connectivity index (χ3v) is 4.08. The molecule has 0 spiro atoms. The molecule has 0 bridgehead atoms. The fourth-order valence-electron chi connectivity index (χ4n) is 1.35. The van der Waals surface area contributed by atoms with Crippen LogP contribution in [0.2, 0.25) is 19.6 Å². The topological polar surface area (TPSA) is 39.4 Å². The van der Waals surface area contributed by atoms with Crippen LogP contribution in [0.15, 0.2) is 18.5 Å². The SMILES string of the molecule is COc1cn2nc([Si](C)(C)C)cc2cn1. The number of methoxy groups -OCH3 is 1. The first-order valence-electron chi connectivity index (χ1n) is 4.90. The summed E-state index contributed by atoms with van der Waals surface area (Å²) in [5.74, 6) is 0.590. The van der Waals surface area contributed by atoms with E-state index in [1.165, 1.54) is 5.32 Å². The maximum atomic E-state index is 5.06. The minimum Gasteiger partial charge on any atom is -0.480 e. The summed E-state index contributed by atoms with van der Waals surface area (Å²) >= 11 is 0. The van der Waals surface area contributed by atoms with Gasteiger partial charge in [-0.2, -0.15) is 5.10 Å². The Balaban J connectivity index is 2.56. The van der Waals surface area contributed by atoms with E-state index in [1.807, 2.05) is 4.52 Å². The van der Waals surface area contributed by atoms with Crippen LogP contribution in [-0.2, 0) is 0 Å². The molecule has 0 radical (unpaired) electrons. The molecule has 2 rings (SSSR count). The second kappa shape index (κ2) is 3.34. The first-order valence-corrected chi connectivity index (χ1v) is 8.40. The molecule has 0 fully saturated rings. The molecule has 0 aliphatic heterocycles. The molecule has 2 aromatic rings. The van der Waals surface area contributed by atoms with Crippen LogP contribution in [0.25, 0.3) is 5.52 Å². The van der Waals surface area contributed by atoms with E-state index in [2.05, 4.69) is 35.8 Å². The Kier molecular flexibility index (Phi) is 2.26. The number of hydrogen-bond acceptors (Lipinski definition) is 3. The maximum absolute atomic E-state index is 5.06. The second-order valence-corrected chi connectivity index (χ2v) is 9.59. The monoisotopic (exact) mass is 221 g/mol. The summed E-state index contributed by atoms with van der Waals surface area (Å²) in [6.07, 6.45) is 3.59. The van der Waals surface area contributed by atoms with Gasteiger partial charge in [0.15, 0.2) is 0 Å². The highest BCUT2D eigenvalue weighted by Gasteiger charge is 2.20. The maximum Gasteiger partial charge on any atom is 0.232 e. The van der Waals surface area contributed by atoms with Gasteiger partial charge in [0, 0.05) is 5.32 Å². The Hall–Kier alpha value is -1.36. The minimum absolute atomic E-state index is 0.590. The van der Waals surface area contributed by atoms with Gasteiger partial charge in [-0.05, 0) is 6.07 Å². The van der Waals surface area contributed by atoms with Crippen LogP contribution in [0.4, 0.5) is 0 Å². The molecule has 5 heteroatoms. The molecular weight excluding hydrogens is 206 g/mol. The highest BCUT2D eigenvalue weighted by Crippen LogP contribution is 2.09. The third-order valence-electron chi connectivity index (χ3n) is 2.30. The van der Waals surface area contributed by atoms with E-state index >= 15 is 0 Å². The Labute approximate surface area is 89.9 Å². The third kappa shape index (κ3) is 1.87. The molecule has 15 heavy (non-hydrogen) atoms. The van der Waals surface area contributed by atoms with E-state index in [0.29, 0.717) is 5.88 Å². The first kappa shape index (κ1) is 10.2. The fourth-order valence-corrected chi connectivity index (χ4v) is 2.34. The average molecular weight is 221 g/mol. The molecule has 2 heterocycles. The largest absolute Gasteiger partial charge is 0.480 e. The molecule has 0 N–H and O–H groups in total. The first-order chi connectivity index (χ1) is 7.00. The van der Waals surface area contributed by atoms with Gasteiger partial charge in [-0.1, -0.05) is 19.6 Å². The lowest BCUT2D eigenvalue weighted by atomic mass is 10.5. The zero-order valence-electron chi connectivity index (χ0n) is 9.48. The van der Waals surface area contributed by atoms with Crippen LogP contribution < -0.4 is 10.1 Å². The van der Waals surface area contributed by atoms with Crippen LogP contribution in [0, 0.1) is 0 Å². The second-order valence-electron chi connectivity index (χ2n) is 4.58. The number of ether oxygens (including phenoxy) is 1. The van der Waals surface area contributed by atoms with Crippen molar-refractivity contribution in [2.75, 3.05) is 7.11 Å². The molecule has 0 atom stereocenters. The van der Waals surface area contributed by atoms with Crippen LogP contribution >= 0.6 is 0 Å². The molecule has 80 valence electrons. The highest BCUT2D eigenvalue weighted by atomic mass is 28.3. The quantitative estimate of drug-likeness (QED) is 0.717. The number of nitrogens with zero attached hydrogens (tertiary/aromatic N) is 3. The van der Waals surface area contributed by atoms with E-state index in [1.54, 1.807) is 19.5 Å². The average Bonchev–Trinajstić information content (AvgIpc) is 2.59. The van der Waals surface area contributed by atoms with Crippen LogP contribution in [-0.4, -0.2) is 29.8 Å². The van der Waals surface area contributed by atoms with Gasteiger partial charge >= 0.3 is 0 Å². The minimum atomic E-state index is -1.34. The number of aromatic nitrogens is 3. The Morgan fingerprint density at radius 3 is 2.67 bits per heavy atom. The molecule has 0 amide bonds. The molecule has 0 unspecified atom stereocenters. The number of rotatable bonds is 2. The summed E-state index contributed by atoms with van der Waals surface area (Å²) in [4.78, 5) is 4.15. The van der Waals surface area contributed by atoms with Gasteiger partial charge in [-0.3, -0.25) is 0 Å². The zero-order chi connectivity index (χ0) is 11.1. The van der Waals surface area contributed by atoms with Gasteiger partial charge in [0.25, 0.3) is 0 Å². The van der Waals surface area contributed by atoms with Gasteiger partial charge < -0.3 is 4.74 Å². The van der Waals surface area contributed by atoms with Gasteiger partial charge in [-0.25, -0.2) is 9.50 Å². The lowest BCUT2D eigenvalue weighted by Gasteiger charge is -2.10. The molecule has 0 aliphatic carbocycles. The summed E-state index contributed by atoms with van der Waals surface area (Å²) in [6.45, 7) is 6.83. The summed E-state index contributed by atoms with van der Waals surface area (Å²) in [7, 11) is 0.264. The molecule has 0 saturated carbocycles. The predicted molar refractivity (Wildman–Crippen MR) is 62.5 cm³/mol. The van der Waals surface area contributed by atoms with Crippen molar-refractivity contribution in [3.8, 4) is 5.88 Å². The lowest BCUT2D eigenvalue weighted by Crippen LogP contribution is -2.38. The highest BCUT2D eigenvalue weighted by molar-refractivity contribution is 6.88. The van der Waals surface area contributed by atoms with Crippen LogP contribution in [0.5, 0.6) is 5.88 Å². The van der Waals surface area contributed by atoms with Gasteiger partial charge in [0.1, 0.15) is 8.07 Å². The number of hydrogen-bond donors (Lipinski definition) is 0. The lowest BCUT2D eigenvalue weighted by molar-refractivity contribution is 0.394. The number of fused-ring (bicyclic) bond motifs is 1. The van der Waals surface area contributed by atoms with Crippen molar-refractivity contribution in [3.05, 3.63) is 18.5 Å². The standard InChI is InChI=1S/C10H15N3OSi/c1-14-9-7-13-8(6-11-9)5-10(12-13)15(2,3)4/h5-7H,1-4H3. The zero-order valence-corrected chi connectivity index (χ0v) is 10.5. The van der Waals surface area contributed by atoms with Crippen molar-refractivity contribution >= 4 is 18.9 Å². The smallest absolute Gasteiger partial charge is 0.232 e. The van der Waals surface area contributed by atoms with E-state index in [4.69, 9.17) is 4.74 Å². The van der Waals surface area contributed by atoms with E-state index < -0.39 is 8.07 Å². The predicted octanol–water partition coefficient (Wildman–Crippen LogP) is 1.28. The molecule has 0 saturated heterocycles. The fraction of sp³-hybridized carbons (Fsp3) is 0.400. The van der Waals surface area contributed by atoms with Crippen molar-refractivity contribution in [1.29, 1.82) is 0 Å². The molecule has 2 aromatic heterocycles. The summed E-state index contributed by atoms with van der Waals surface area (Å²) in [6, 6.07) is 2.11. The van der Waals surface area contributed by atoms with Gasteiger partial charge in [0.2, 0.25) is 5.88 Å². The van der Waals surface area contributed by atoms with Gasteiger partial charge in [0.05, 0.1) is 25.0 Å². The van der Waals surface area contributed by atoms with E-state index in [9.17, 15) is 0 Å². The Morgan fingerprint density at radius 1 is 1.33 bits per heavy atom. The Morgan fingerprint density at radius 2 is 2.07 bits per heavy atom. The van der Waals surface area contributed by atoms with Crippen molar-refractivity contribution in [2.24, 2.45) is 0 Å².